The summed E-state index contributed by atoms with van der Waals surface area (Å²) < 4.78 is 0. The molecule has 122 valence electrons. The van der Waals surface area contributed by atoms with Gasteiger partial charge in [0.2, 0.25) is 0 Å². The molecule has 0 saturated carbocycles. The van der Waals surface area contributed by atoms with Gasteiger partial charge in [-0.25, -0.2) is 9.97 Å². The van der Waals surface area contributed by atoms with Gasteiger partial charge in [-0.1, -0.05) is 6.07 Å². The minimum atomic E-state index is 0.126. The maximum absolute atomic E-state index is 4.52. The second kappa shape index (κ2) is 6.62. The van der Waals surface area contributed by atoms with E-state index in [9.17, 15) is 0 Å². The van der Waals surface area contributed by atoms with E-state index >= 15 is 0 Å². The molecule has 5 nitrogen and oxygen atoms in total. The predicted octanol–water partition coefficient (Wildman–Crippen LogP) is 3.13. The molecular weight excluding hydrogens is 286 g/mol. The smallest absolute Gasteiger partial charge is 0.130 e. The molecule has 23 heavy (non-hydrogen) atoms. The number of aryl methyl sites for hydroxylation is 1. The van der Waals surface area contributed by atoms with E-state index in [0.717, 1.165) is 29.6 Å². The highest BCUT2D eigenvalue weighted by atomic mass is 15.2. The lowest BCUT2D eigenvalue weighted by Crippen LogP contribution is -2.47. The lowest BCUT2D eigenvalue weighted by atomic mass is 10.0. The van der Waals surface area contributed by atoms with E-state index in [0.29, 0.717) is 0 Å². The van der Waals surface area contributed by atoms with Crippen LogP contribution in [0.4, 0.5) is 5.82 Å². The monoisotopic (exact) mass is 311 g/mol. The third-order valence-electron chi connectivity index (χ3n) is 4.43. The zero-order valence-corrected chi connectivity index (χ0v) is 14.2. The largest absolute Gasteiger partial charge is 0.368 e. The highest BCUT2D eigenvalue weighted by Gasteiger charge is 2.28. The molecule has 0 aliphatic carbocycles. The van der Waals surface area contributed by atoms with Crippen molar-refractivity contribution in [1.29, 1.82) is 0 Å². The predicted molar refractivity (Wildman–Crippen MR) is 93.4 cm³/mol. The van der Waals surface area contributed by atoms with Crippen LogP contribution in [-0.4, -0.2) is 45.0 Å². The van der Waals surface area contributed by atoms with Crippen molar-refractivity contribution < 1.29 is 0 Å². The van der Waals surface area contributed by atoms with Gasteiger partial charge in [0.05, 0.1) is 11.4 Å². The number of likely N-dealkylation sites (tertiary alicyclic amines) is 1. The topological polar surface area (TPSA) is 53.9 Å². The quantitative estimate of drug-likeness (QED) is 0.919. The Balaban J connectivity index is 1.74. The fraction of sp³-hybridized carbons (Fsp3) is 0.500. The molecule has 1 fully saturated rings. The number of nitrogens with one attached hydrogen (secondary N) is 1. The number of rotatable bonds is 5. The summed E-state index contributed by atoms with van der Waals surface area (Å²) >= 11 is 0. The van der Waals surface area contributed by atoms with Gasteiger partial charge in [0, 0.05) is 24.3 Å². The van der Waals surface area contributed by atoms with Gasteiger partial charge in [0.15, 0.2) is 0 Å². The second-order valence-electron chi connectivity index (χ2n) is 6.76. The number of hydrogen-bond acceptors (Lipinski definition) is 5. The van der Waals surface area contributed by atoms with Crippen molar-refractivity contribution in [2.75, 3.05) is 25.0 Å². The Bertz CT molecular complexity index is 648. The van der Waals surface area contributed by atoms with Crippen LogP contribution >= 0.6 is 0 Å². The molecule has 1 N–H and O–H groups in total. The molecular formula is C18H25N5. The number of anilines is 1. The molecule has 0 bridgehead atoms. The Hall–Kier alpha value is -2.01. The average molecular weight is 311 g/mol. The molecule has 3 heterocycles. The van der Waals surface area contributed by atoms with Gasteiger partial charge in [0.25, 0.3) is 0 Å². The first kappa shape index (κ1) is 15.9. The maximum atomic E-state index is 4.52. The van der Waals surface area contributed by atoms with Gasteiger partial charge in [0.1, 0.15) is 11.6 Å². The summed E-state index contributed by atoms with van der Waals surface area (Å²) in [6.45, 7) is 9.75. The van der Waals surface area contributed by atoms with E-state index in [2.05, 4.69) is 39.0 Å². The summed E-state index contributed by atoms with van der Waals surface area (Å²) in [5.41, 5.74) is 1.86. The molecule has 0 aromatic carbocycles. The van der Waals surface area contributed by atoms with Crippen molar-refractivity contribution in [3.05, 3.63) is 36.3 Å². The first-order chi connectivity index (χ1) is 11.0. The Kier molecular flexibility index (Phi) is 4.57. The summed E-state index contributed by atoms with van der Waals surface area (Å²) in [4.78, 5) is 15.9. The zero-order valence-electron chi connectivity index (χ0n) is 14.2. The van der Waals surface area contributed by atoms with Crippen LogP contribution in [0.5, 0.6) is 0 Å². The molecule has 0 spiro atoms. The molecule has 0 unspecified atom stereocenters. The lowest BCUT2D eigenvalue weighted by Gasteiger charge is -2.35. The van der Waals surface area contributed by atoms with Crippen molar-refractivity contribution in [3.8, 4) is 11.4 Å². The summed E-state index contributed by atoms with van der Waals surface area (Å²) in [6, 6.07) is 7.84. The molecule has 1 saturated heterocycles. The van der Waals surface area contributed by atoms with Gasteiger partial charge >= 0.3 is 0 Å². The molecule has 0 atom stereocenters. The molecule has 3 rings (SSSR count). The summed E-state index contributed by atoms with van der Waals surface area (Å²) in [6.07, 6.45) is 4.40. The third-order valence-corrected chi connectivity index (χ3v) is 4.43. The van der Waals surface area contributed by atoms with Crippen molar-refractivity contribution >= 4 is 5.82 Å². The van der Waals surface area contributed by atoms with E-state index in [1.165, 1.54) is 25.9 Å². The lowest BCUT2D eigenvalue weighted by molar-refractivity contribution is 0.167. The minimum Gasteiger partial charge on any atom is -0.368 e. The van der Waals surface area contributed by atoms with Crippen molar-refractivity contribution in [1.82, 2.24) is 19.9 Å². The van der Waals surface area contributed by atoms with Gasteiger partial charge in [-0.05, 0) is 58.8 Å². The summed E-state index contributed by atoms with van der Waals surface area (Å²) in [5.74, 6) is 1.63. The first-order valence-electron chi connectivity index (χ1n) is 8.31. The van der Waals surface area contributed by atoms with E-state index < -0.39 is 0 Å². The van der Waals surface area contributed by atoms with Crippen LogP contribution in [0.1, 0.15) is 32.5 Å². The van der Waals surface area contributed by atoms with Gasteiger partial charge in [-0.2, -0.15) is 0 Å². The molecule has 0 amide bonds. The zero-order chi connectivity index (χ0) is 16.3. The number of nitrogens with zero attached hydrogens (tertiary/aromatic N) is 4. The van der Waals surface area contributed by atoms with E-state index in [1.807, 2.05) is 31.2 Å². The van der Waals surface area contributed by atoms with Gasteiger partial charge in [-0.3, -0.25) is 9.88 Å². The van der Waals surface area contributed by atoms with Gasteiger partial charge in [-0.15, -0.1) is 0 Å². The van der Waals surface area contributed by atoms with Gasteiger partial charge < -0.3 is 5.32 Å². The molecule has 2 aromatic heterocycles. The Labute approximate surface area is 138 Å². The van der Waals surface area contributed by atoms with Crippen LogP contribution in [-0.2, 0) is 0 Å². The third kappa shape index (κ3) is 3.85. The molecule has 2 aromatic rings. The number of pyridine rings is 1. The Morgan fingerprint density at radius 2 is 1.91 bits per heavy atom. The number of hydrogen-bond donors (Lipinski definition) is 1. The summed E-state index contributed by atoms with van der Waals surface area (Å²) in [5, 5.41) is 3.49. The van der Waals surface area contributed by atoms with Crippen LogP contribution < -0.4 is 5.32 Å². The van der Waals surface area contributed by atoms with E-state index in [4.69, 9.17) is 0 Å². The number of aromatic nitrogens is 3. The Morgan fingerprint density at radius 3 is 2.61 bits per heavy atom. The van der Waals surface area contributed by atoms with E-state index in [-0.39, 0.29) is 5.54 Å². The van der Waals surface area contributed by atoms with E-state index in [1.54, 1.807) is 6.20 Å². The van der Waals surface area contributed by atoms with Crippen LogP contribution in [0.2, 0.25) is 0 Å². The SMILES string of the molecule is Cc1nc(NCC(C)(C)N2CCCC2)cc(-c2ccccn2)n1. The first-order valence-corrected chi connectivity index (χ1v) is 8.31. The average Bonchev–Trinajstić information content (AvgIpc) is 3.09. The van der Waals surface area contributed by atoms with Crippen molar-refractivity contribution in [3.63, 3.8) is 0 Å². The molecule has 1 aliphatic rings. The van der Waals surface area contributed by atoms with Crippen molar-refractivity contribution in [2.24, 2.45) is 0 Å². The highest BCUT2D eigenvalue weighted by Crippen LogP contribution is 2.22. The summed E-state index contributed by atoms with van der Waals surface area (Å²) in [7, 11) is 0. The van der Waals surface area contributed by atoms with Crippen LogP contribution in [0.3, 0.4) is 0 Å². The molecule has 1 aliphatic heterocycles. The maximum Gasteiger partial charge on any atom is 0.130 e. The van der Waals surface area contributed by atoms with Crippen LogP contribution in [0.25, 0.3) is 11.4 Å². The fourth-order valence-corrected chi connectivity index (χ4v) is 3.04. The standard InChI is InChI=1S/C18H25N5/c1-14-21-16(15-8-4-5-9-19-15)12-17(22-14)20-13-18(2,3)23-10-6-7-11-23/h4-5,8-9,12H,6-7,10-11,13H2,1-3H3,(H,20,21,22). The Morgan fingerprint density at radius 1 is 1.13 bits per heavy atom. The highest BCUT2D eigenvalue weighted by molar-refractivity contribution is 5.58. The minimum absolute atomic E-state index is 0.126. The molecule has 0 radical (unpaired) electrons. The van der Waals surface area contributed by atoms with Crippen LogP contribution in [0, 0.1) is 6.92 Å². The second-order valence-corrected chi connectivity index (χ2v) is 6.76. The fourth-order valence-electron chi connectivity index (χ4n) is 3.04. The molecule has 5 heteroatoms. The van der Waals surface area contributed by atoms with Crippen LogP contribution in [0.15, 0.2) is 30.5 Å². The normalized spacial score (nSPS) is 15.8. The van der Waals surface area contributed by atoms with Crippen molar-refractivity contribution in [2.45, 2.75) is 39.2 Å².